The van der Waals surface area contributed by atoms with E-state index in [1.54, 1.807) is 12.4 Å². The third kappa shape index (κ3) is 4.46. The molecule has 2 saturated heterocycles. The predicted molar refractivity (Wildman–Crippen MR) is 82.4 cm³/mol. The number of nitrogens with one attached hydrogen (secondary N) is 1. The zero-order valence-electron chi connectivity index (χ0n) is 11.8. The minimum Gasteiger partial charge on any atom is -0.347 e. The number of hydrogen-bond donors (Lipinski definition) is 1. The monoisotopic (exact) mass is 345 g/mol. The molecule has 0 spiro atoms. The summed E-state index contributed by atoms with van der Waals surface area (Å²) in [5.74, 6) is 1.61. The Morgan fingerprint density at radius 3 is 2.52 bits per heavy atom. The molecule has 7 heteroatoms. The van der Waals surface area contributed by atoms with Crippen molar-refractivity contribution in [1.29, 1.82) is 0 Å². The van der Waals surface area contributed by atoms with Crippen LogP contribution < -0.4 is 5.43 Å². The van der Waals surface area contributed by atoms with E-state index in [9.17, 15) is 0 Å². The van der Waals surface area contributed by atoms with Crippen LogP contribution in [0.2, 0.25) is 0 Å². The van der Waals surface area contributed by atoms with Gasteiger partial charge >= 0.3 is 0 Å². The average Bonchev–Trinajstić information content (AvgIpc) is 2.82. The Hall–Kier alpha value is -1.04. The van der Waals surface area contributed by atoms with E-state index in [2.05, 4.69) is 25.6 Å². The normalized spacial score (nSPS) is 24.5. The van der Waals surface area contributed by atoms with E-state index in [4.69, 9.17) is 12.2 Å². The van der Waals surface area contributed by atoms with Crippen LogP contribution in [0, 0.1) is 11.8 Å². The average molecular weight is 345 g/mol. The van der Waals surface area contributed by atoms with Crippen LogP contribution >= 0.6 is 12.2 Å². The van der Waals surface area contributed by atoms with Crippen LogP contribution in [0.3, 0.4) is 0 Å². The van der Waals surface area contributed by atoms with E-state index in [-0.39, 0.29) is 17.1 Å². The number of thiocarbonyl (C=S) groups is 1. The molecule has 1 saturated carbocycles. The summed E-state index contributed by atoms with van der Waals surface area (Å²) in [6.07, 6.45) is 8.70. The van der Waals surface area contributed by atoms with Gasteiger partial charge in [0.1, 0.15) is 5.69 Å². The standard InChI is InChI=1S/C14H19N5S.Fe/c20-14(18-16-8-13-2-1-7-15-17-13)19-9-11-3-4-12(10-19)6-5-11;/h1-2,7-8,11-12H,3-6,9-10H2,(H,18,20);. The number of hydrogen-bond acceptors (Lipinski definition) is 4. The summed E-state index contributed by atoms with van der Waals surface area (Å²) in [5.41, 5.74) is 3.68. The SMILES string of the molecule is S=C(NN=Cc1cccnn1)N1CC2CCC(CC2)C1.[Fe]. The topological polar surface area (TPSA) is 53.4 Å². The number of rotatable bonds is 2. The molecule has 5 nitrogen and oxygen atoms in total. The van der Waals surface area contributed by atoms with Gasteiger partial charge in [0.2, 0.25) is 0 Å². The van der Waals surface area contributed by atoms with Crippen molar-refractivity contribution in [2.24, 2.45) is 16.9 Å². The Morgan fingerprint density at radius 2 is 1.95 bits per heavy atom. The number of hydrazone groups is 1. The zero-order valence-corrected chi connectivity index (χ0v) is 13.7. The molecular formula is C14H19FeN5S. The van der Waals surface area contributed by atoms with Crippen molar-refractivity contribution in [3.8, 4) is 0 Å². The van der Waals surface area contributed by atoms with E-state index < -0.39 is 0 Å². The van der Waals surface area contributed by atoms with E-state index in [0.29, 0.717) is 0 Å². The van der Waals surface area contributed by atoms with Crippen LogP contribution in [0.25, 0.3) is 0 Å². The first-order valence-corrected chi connectivity index (χ1v) is 7.58. The summed E-state index contributed by atoms with van der Waals surface area (Å²) >= 11 is 5.45. The molecule has 3 fully saturated rings. The van der Waals surface area contributed by atoms with Crippen molar-refractivity contribution in [2.45, 2.75) is 25.7 Å². The largest absolute Gasteiger partial charge is 0.347 e. The van der Waals surface area contributed by atoms with Crippen LogP contribution in [0.4, 0.5) is 0 Å². The predicted octanol–water partition coefficient (Wildman–Crippen LogP) is 1.80. The van der Waals surface area contributed by atoms with Crippen molar-refractivity contribution in [3.63, 3.8) is 0 Å². The molecule has 1 aliphatic carbocycles. The summed E-state index contributed by atoms with van der Waals surface area (Å²) in [6.45, 7) is 2.14. The summed E-state index contributed by atoms with van der Waals surface area (Å²) in [5, 5.41) is 12.6. The van der Waals surface area contributed by atoms with Gasteiger partial charge < -0.3 is 4.90 Å². The smallest absolute Gasteiger partial charge is 0.189 e. The Morgan fingerprint density at radius 1 is 1.29 bits per heavy atom. The van der Waals surface area contributed by atoms with Gasteiger partial charge in [-0.05, 0) is 61.9 Å². The molecule has 2 bridgehead atoms. The Labute approximate surface area is 141 Å². The zero-order chi connectivity index (χ0) is 13.8. The molecule has 0 aromatic carbocycles. The van der Waals surface area contributed by atoms with Gasteiger partial charge in [-0.1, -0.05) is 0 Å². The van der Waals surface area contributed by atoms with Crippen LogP contribution in [0.5, 0.6) is 0 Å². The third-order valence-corrected chi connectivity index (χ3v) is 4.51. The number of fused-ring (bicyclic) bond motifs is 4. The van der Waals surface area contributed by atoms with Gasteiger partial charge in [0.05, 0.1) is 6.21 Å². The molecule has 0 radical (unpaired) electrons. The quantitative estimate of drug-likeness (QED) is 0.383. The first-order chi connectivity index (χ1) is 9.81. The summed E-state index contributed by atoms with van der Waals surface area (Å²) < 4.78 is 0. The Balaban J connectivity index is 0.00000161. The molecule has 3 aliphatic rings. The maximum atomic E-state index is 5.45. The molecule has 4 rings (SSSR count). The van der Waals surface area contributed by atoms with Gasteiger partial charge in [0.25, 0.3) is 0 Å². The fourth-order valence-corrected chi connectivity index (χ4v) is 3.27. The molecule has 2 aliphatic heterocycles. The molecule has 1 aromatic rings. The second-order valence-electron chi connectivity index (χ2n) is 5.62. The fraction of sp³-hybridized carbons (Fsp3) is 0.571. The molecule has 0 atom stereocenters. The minimum atomic E-state index is 0. The summed E-state index contributed by atoms with van der Waals surface area (Å²) in [6, 6.07) is 3.69. The second kappa shape index (κ2) is 7.82. The van der Waals surface area contributed by atoms with Gasteiger partial charge in [-0.15, -0.1) is 5.10 Å². The fourth-order valence-electron chi connectivity index (χ4n) is 3.07. The molecule has 1 aromatic heterocycles. The van der Waals surface area contributed by atoms with Crippen LogP contribution in [0.1, 0.15) is 31.4 Å². The van der Waals surface area contributed by atoms with Crippen LogP contribution in [-0.4, -0.2) is 39.5 Å². The molecule has 0 unspecified atom stereocenters. The van der Waals surface area contributed by atoms with Crippen molar-refractivity contribution < 1.29 is 17.1 Å². The van der Waals surface area contributed by atoms with Crippen LogP contribution in [-0.2, 0) is 17.1 Å². The van der Waals surface area contributed by atoms with Gasteiger partial charge in [0.15, 0.2) is 5.11 Å². The number of aromatic nitrogens is 2. The molecule has 3 heterocycles. The van der Waals surface area contributed by atoms with Crippen molar-refractivity contribution in [2.75, 3.05) is 13.1 Å². The maximum Gasteiger partial charge on any atom is 0.189 e. The van der Waals surface area contributed by atoms with E-state index in [0.717, 1.165) is 35.7 Å². The second-order valence-corrected chi connectivity index (χ2v) is 6.00. The van der Waals surface area contributed by atoms with Gasteiger partial charge in [0, 0.05) is 36.4 Å². The molecule has 1 N–H and O–H groups in total. The van der Waals surface area contributed by atoms with Crippen molar-refractivity contribution >= 4 is 23.5 Å². The van der Waals surface area contributed by atoms with Gasteiger partial charge in [-0.25, -0.2) is 0 Å². The molecular weight excluding hydrogens is 326 g/mol. The Kier molecular flexibility index (Phi) is 6.08. The summed E-state index contributed by atoms with van der Waals surface area (Å²) in [7, 11) is 0. The third-order valence-electron chi connectivity index (χ3n) is 4.16. The Bertz CT molecular complexity index is 473. The van der Waals surface area contributed by atoms with E-state index in [1.165, 1.54) is 25.7 Å². The summed E-state index contributed by atoms with van der Waals surface area (Å²) in [4.78, 5) is 2.28. The molecule has 114 valence electrons. The van der Waals surface area contributed by atoms with Crippen molar-refractivity contribution in [1.82, 2.24) is 20.5 Å². The minimum absolute atomic E-state index is 0. The van der Waals surface area contributed by atoms with E-state index >= 15 is 0 Å². The van der Waals surface area contributed by atoms with Gasteiger partial charge in [-0.3, -0.25) is 5.43 Å². The molecule has 0 amide bonds. The first-order valence-electron chi connectivity index (χ1n) is 7.17. The molecule has 21 heavy (non-hydrogen) atoms. The number of nitrogens with zero attached hydrogens (tertiary/aromatic N) is 4. The van der Waals surface area contributed by atoms with Crippen LogP contribution in [0.15, 0.2) is 23.4 Å². The van der Waals surface area contributed by atoms with Gasteiger partial charge in [-0.2, -0.15) is 10.2 Å². The van der Waals surface area contributed by atoms with E-state index in [1.807, 2.05) is 12.1 Å². The van der Waals surface area contributed by atoms with Crippen molar-refractivity contribution in [3.05, 3.63) is 24.0 Å². The first kappa shape index (κ1) is 16.3. The maximum absolute atomic E-state index is 5.45.